The van der Waals surface area contributed by atoms with Gasteiger partial charge in [0.1, 0.15) is 4.70 Å². The number of benzene rings is 2. The van der Waals surface area contributed by atoms with E-state index in [9.17, 15) is 25.9 Å². The molecule has 1 aromatic heterocycles. The van der Waals surface area contributed by atoms with E-state index in [4.69, 9.17) is 0 Å². The molecule has 0 saturated carbocycles. The van der Waals surface area contributed by atoms with Crippen LogP contribution in [-0.2, 0) is 39.6 Å². The highest BCUT2D eigenvalue weighted by atomic mass is 32.2. The molecule has 13 heteroatoms. The number of hydrogen-bond acceptors (Lipinski definition) is 9. The highest BCUT2D eigenvalue weighted by Crippen LogP contribution is 2.47. The molecule has 2 heterocycles. The number of thioether (sulfide) groups is 1. The number of rotatable bonds is 14. The van der Waals surface area contributed by atoms with Crippen LogP contribution in [0.25, 0.3) is 16.3 Å². The van der Waals surface area contributed by atoms with Gasteiger partial charge in [0.15, 0.2) is 6.54 Å². The lowest BCUT2D eigenvalue weighted by molar-refractivity contribution is -0.894. The lowest BCUT2D eigenvalue weighted by atomic mass is 10.1. The van der Waals surface area contributed by atoms with Gasteiger partial charge in [-0.1, -0.05) is 49.1 Å². The quantitative estimate of drug-likeness (QED) is 0.200. The summed E-state index contributed by atoms with van der Waals surface area (Å²) >= 11 is 3.16. The maximum absolute atomic E-state index is 11.2. The van der Waals surface area contributed by atoms with Crippen LogP contribution in [0.3, 0.4) is 0 Å². The number of thiazole rings is 1. The van der Waals surface area contributed by atoms with Gasteiger partial charge in [-0.3, -0.25) is 0 Å². The lowest BCUT2D eigenvalue weighted by Crippen LogP contribution is -3.11. The van der Waals surface area contributed by atoms with Crippen LogP contribution in [0.15, 0.2) is 46.3 Å². The monoisotopic (exact) mass is 683 g/mol. The molecule has 244 valence electrons. The van der Waals surface area contributed by atoms with Gasteiger partial charge >= 0.3 is 0 Å². The number of aromatic nitrogens is 1. The van der Waals surface area contributed by atoms with Gasteiger partial charge in [0.05, 0.1) is 56.7 Å². The van der Waals surface area contributed by atoms with Crippen molar-refractivity contribution in [3.05, 3.63) is 57.6 Å². The Balaban J connectivity index is 0.000000676. The Morgan fingerprint density at radius 1 is 0.841 bits per heavy atom. The Bertz CT molecular complexity index is 1640. The van der Waals surface area contributed by atoms with Crippen LogP contribution in [-0.4, -0.2) is 63.6 Å². The van der Waals surface area contributed by atoms with Crippen molar-refractivity contribution in [1.29, 1.82) is 0 Å². The summed E-state index contributed by atoms with van der Waals surface area (Å²) in [5.41, 5.74) is 4.28. The molecule has 44 heavy (non-hydrogen) atoms. The molecule has 3 aromatic rings. The third-order valence-electron chi connectivity index (χ3n) is 7.70. The maximum Gasteiger partial charge on any atom is 0.265 e. The van der Waals surface area contributed by atoms with Crippen molar-refractivity contribution in [2.75, 3.05) is 42.6 Å². The molecule has 0 amide bonds. The number of aryl methyl sites for hydroxylation is 3. The lowest BCUT2D eigenvalue weighted by Gasteiger charge is -2.21. The van der Waals surface area contributed by atoms with E-state index < -0.39 is 31.7 Å². The molecule has 0 fully saturated rings. The van der Waals surface area contributed by atoms with Crippen molar-refractivity contribution in [3.63, 3.8) is 0 Å². The van der Waals surface area contributed by atoms with E-state index in [-0.39, 0.29) is 12.8 Å². The largest absolute Gasteiger partial charge is 0.748 e. The zero-order chi connectivity index (χ0) is 32.5. The smallest absolute Gasteiger partial charge is 0.265 e. The zero-order valence-corrected chi connectivity index (χ0v) is 29.6. The number of anilines is 1. The SMILES string of the molecule is CC[NH+](CC)CC.CCc1ccc2c(c1)N(CCCS(=O)(=O)[O-])/C(=C/c1sc3ccc(CC)cc3[n+]1CCCS(=O)(=O)[O-])S2. The second-order valence-electron chi connectivity index (χ2n) is 10.7. The molecule has 1 aliphatic heterocycles. The summed E-state index contributed by atoms with van der Waals surface area (Å²) in [5, 5.41) is 1.80. The minimum atomic E-state index is -4.32. The van der Waals surface area contributed by atoms with Crippen LogP contribution in [0.2, 0.25) is 0 Å². The van der Waals surface area contributed by atoms with E-state index in [2.05, 4.69) is 80.5 Å². The molecule has 0 bridgehead atoms. The molecule has 4 rings (SSSR count). The number of nitrogens with one attached hydrogen (secondary N) is 1. The highest BCUT2D eigenvalue weighted by Gasteiger charge is 2.28. The first kappa shape index (κ1) is 36.5. The fraction of sp³-hybridized carbons (Fsp3) is 0.516. The molecule has 0 radical (unpaired) electrons. The molecule has 2 aromatic carbocycles. The molecular weight excluding hydrogens is 639 g/mol. The van der Waals surface area contributed by atoms with Crippen molar-refractivity contribution in [2.45, 2.75) is 71.7 Å². The van der Waals surface area contributed by atoms with Gasteiger partial charge in [0.25, 0.3) is 5.01 Å². The third-order valence-corrected chi connectivity index (χ3v) is 11.5. The first-order valence-corrected chi connectivity index (χ1v) is 20.1. The van der Waals surface area contributed by atoms with Crippen molar-refractivity contribution >= 4 is 65.3 Å². The van der Waals surface area contributed by atoms with E-state index in [1.165, 1.54) is 19.6 Å². The first-order chi connectivity index (χ1) is 20.8. The van der Waals surface area contributed by atoms with Gasteiger partial charge in [-0.2, -0.15) is 4.57 Å². The predicted octanol–water partition coefficient (Wildman–Crippen LogP) is 4.03. The van der Waals surface area contributed by atoms with Crippen LogP contribution >= 0.6 is 23.1 Å². The fourth-order valence-electron chi connectivity index (χ4n) is 5.06. The second kappa shape index (κ2) is 16.5. The first-order valence-electron chi connectivity index (χ1n) is 15.3. The Labute approximate surface area is 271 Å². The van der Waals surface area contributed by atoms with Gasteiger partial charge in [0.2, 0.25) is 5.52 Å². The number of nitrogens with zero attached hydrogens (tertiary/aromatic N) is 2. The predicted molar refractivity (Wildman–Crippen MR) is 179 cm³/mol. The van der Waals surface area contributed by atoms with Crippen molar-refractivity contribution < 1.29 is 35.4 Å². The third kappa shape index (κ3) is 10.5. The summed E-state index contributed by atoms with van der Waals surface area (Å²) in [4.78, 5) is 4.78. The van der Waals surface area contributed by atoms with Gasteiger partial charge < -0.3 is 18.9 Å². The molecular formula is C31H45N3O6S4. The second-order valence-corrected chi connectivity index (χ2v) is 15.9. The zero-order valence-electron chi connectivity index (χ0n) is 26.3. The average Bonchev–Trinajstić information content (AvgIpc) is 3.49. The normalized spacial score (nSPS) is 14.4. The van der Waals surface area contributed by atoms with E-state index in [1.807, 2.05) is 6.08 Å². The minimum absolute atomic E-state index is 0.202. The Kier molecular flexibility index (Phi) is 13.7. The summed E-state index contributed by atoms with van der Waals surface area (Å²) in [5.74, 6) is -0.868. The Hall–Kier alpha value is -2.00. The van der Waals surface area contributed by atoms with Crippen LogP contribution in [0.4, 0.5) is 5.69 Å². The van der Waals surface area contributed by atoms with E-state index >= 15 is 0 Å². The fourth-order valence-corrected chi connectivity index (χ4v) is 8.31. The Morgan fingerprint density at radius 2 is 1.43 bits per heavy atom. The average molecular weight is 684 g/mol. The summed E-state index contributed by atoms with van der Waals surface area (Å²) in [6.45, 7) is 15.4. The molecule has 1 aliphatic rings. The van der Waals surface area contributed by atoms with Crippen LogP contribution in [0.1, 0.15) is 63.6 Å². The van der Waals surface area contributed by atoms with E-state index in [0.29, 0.717) is 13.1 Å². The molecule has 0 atom stereocenters. The molecule has 0 spiro atoms. The van der Waals surface area contributed by atoms with E-state index in [0.717, 1.165) is 54.8 Å². The van der Waals surface area contributed by atoms with Crippen molar-refractivity contribution in [1.82, 2.24) is 0 Å². The topological polar surface area (TPSA) is 126 Å². The summed E-state index contributed by atoms with van der Waals surface area (Å²) in [6.07, 6.45) is 4.15. The molecule has 9 nitrogen and oxygen atoms in total. The van der Waals surface area contributed by atoms with Gasteiger partial charge in [0, 0.05) is 35.4 Å². The molecule has 0 aliphatic carbocycles. The van der Waals surface area contributed by atoms with Gasteiger partial charge in [-0.25, -0.2) is 16.8 Å². The van der Waals surface area contributed by atoms with Crippen molar-refractivity contribution in [2.24, 2.45) is 0 Å². The Morgan fingerprint density at radius 3 is 2.00 bits per heavy atom. The molecule has 0 saturated heterocycles. The molecule has 0 unspecified atom stereocenters. The van der Waals surface area contributed by atoms with E-state index in [1.54, 1.807) is 28.0 Å². The van der Waals surface area contributed by atoms with Gasteiger partial charge in [-0.05, 0) is 69.4 Å². The van der Waals surface area contributed by atoms with Crippen LogP contribution < -0.4 is 14.4 Å². The summed E-state index contributed by atoms with van der Waals surface area (Å²) in [6, 6.07) is 12.5. The van der Waals surface area contributed by atoms with Crippen molar-refractivity contribution in [3.8, 4) is 0 Å². The highest BCUT2D eigenvalue weighted by molar-refractivity contribution is 8.04. The number of hydrogen-bond donors (Lipinski definition) is 1. The number of fused-ring (bicyclic) bond motifs is 2. The van der Waals surface area contributed by atoms with Crippen LogP contribution in [0, 0.1) is 0 Å². The summed E-state index contributed by atoms with van der Waals surface area (Å²) in [7, 11) is -8.63. The number of quaternary nitrogens is 1. The standard InChI is InChI=1S/C25H30N2O6S4.C6H15N/c1-3-18-7-9-22-20(15-18)26(11-5-13-36(28,29)30)24(34-22)17-25-27(12-6-14-37(31,32)33)21-16-19(4-2)8-10-23(21)35-25;1-4-7(5-2)6-3/h7-10,15-17H,3-6,11-14H2,1-2H3,(H-,28,29,30,31,32,33);4-6H2,1-3H3. The van der Waals surface area contributed by atoms with Crippen LogP contribution in [0.5, 0.6) is 0 Å². The maximum atomic E-state index is 11.2. The molecule has 1 N–H and O–H groups in total. The summed E-state index contributed by atoms with van der Waals surface area (Å²) < 4.78 is 70.5. The van der Waals surface area contributed by atoms with Gasteiger partial charge in [-0.15, -0.1) is 0 Å². The minimum Gasteiger partial charge on any atom is -0.748 e.